The molecule has 2 atom stereocenters. The number of piperidine rings is 1. The zero-order valence-corrected chi connectivity index (χ0v) is 15.8. The van der Waals surface area contributed by atoms with Crippen LogP contribution < -0.4 is 0 Å². The van der Waals surface area contributed by atoms with Crippen LogP contribution in [-0.2, 0) is 9.53 Å². The van der Waals surface area contributed by atoms with Crippen molar-refractivity contribution < 1.29 is 9.53 Å². The molecule has 2 aliphatic heterocycles. The van der Waals surface area contributed by atoms with Crippen LogP contribution in [0.4, 0.5) is 0 Å². The molecule has 5 nitrogen and oxygen atoms in total. The van der Waals surface area contributed by atoms with Crippen molar-refractivity contribution in [2.45, 2.75) is 63.1 Å². The number of carbonyl (C=O) groups is 1. The Bertz CT molecular complexity index is 595. The normalized spacial score (nSPS) is 28.7. The van der Waals surface area contributed by atoms with Crippen LogP contribution in [0, 0.1) is 5.92 Å². The lowest BCUT2D eigenvalue weighted by Crippen LogP contribution is -2.60. The van der Waals surface area contributed by atoms with Gasteiger partial charge in [0.2, 0.25) is 5.91 Å². The Balaban J connectivity index is 1.35. The summed E-state index contributed by atoms with van der Waals surface area (Å²) in [5.74, 6) is 0.721. The van der Waals surface area contributed by atoms with Gasteiger partial charge in [0, 0.05) is 51.1 Å². The van der Waals surface area contributed by atoms with Gasteiger partial charge in [-0.15, -0.1) is 0 Å². The number of methoxy groups -OCH3 is 1. The second kappa shape index (κ2) is 8.05. The molecule has 4 rings (SSSR count). The molecule has 0 radical (unpaired) electrons. The van der Waals surface area contributed by atoms with Crippen molar-refractivity contribution >= 4 is 5.91 Å². The molecule has 0 N–H and O–H groups in total. The number of pyridine rings is 1. The molecule has 0 spiro atoms. The Morgan fingerprint density at radius 1 is 1.08 bits per heavy atom. The summed E-state index contributed by atoms with van der Waals surface area (Å²) >= 11 is 0. The van der Waals surface area contributed by atoms with Crippen LogP contribution >= 0.6 is 0 Å². The van der Waals surface area contributed by atoms with Crippen molar-refractivity contribution in [2.75, 3.05) is 26.7 Å². The minimum absolute atomic E-state index is 0.263. The highest BCUT2D eigenvalue weighted by molar-refractivity contribution is 5.79. The van der Waals surface area contributed by atoms with Gasteiger partial charge in [-0.3, -0.25) is 14.7 Å². The highest BCUT2D eigenvalue weighted by Crippen LogP contribution is 2.39. The molecular weight excluding hydrogens is 326 g/mol. The molecule has 1 amide bonds. The maximum absolute atomic E-state index is 12.8. The Morgan fingerprint density at radius 2 is 1.77 bits per heavy atom. The number of hydrogen-bond acceptors (Lipinski definition) is 4. The Morgan fingerprint density at radius 3 is 2.42 bits per heavy atom. The van der Waals surface area contributed by atoms with Crippen molar-refractivity contribution in [3.63, 3.8) is 0 Å². The second-order valence-corrected chi connectivity index (χ2v) is 8.09. The van der Waals surface area contributed by atoms with E-state index in [0.29, 0.717) is 23.9 Å². The van der Waals surface area contributed by atoms with Crippen LogP contribution in [0.25, 0.3) is 0 Å². The third kappa shape index (κ3) is 3.52. The predicted molar refractivity (Wildman–Crippen MR) is 101 cm³/mol. The third-order valence-corrected chi connectivity index (χ3v) is 6.65. The Kier molecular flexibility index (Phi) is 5.55. The fourth-order valence-electron chi connectivity index (χ4n) is 5.07. The molecule has 3 heterocycles. The van der Waals surface area contributed by atoms with Gasteiger partial charge in [-0.2, -0.15) is 0 Å². The molecule has 5 heteroatoms. The fraction of sp³-hybridized carbons (Fsp3) is 0.714. The van der Waals surface area contributed by atoms with E-state index in [1.807, 2.05) is 19.5 Å². The first kappa shape index (κ1) is 17.9. The summed E-state index contributed by atoms with van der Waals surface area (Å²) in [6, 6.07) is 5.08. The molecule has 0 unspecified atom stereocenters. The number of hydrogen-bond donors (Lipinski definition) is 0. The SMILES string of the molecule is CO[C@H]1CN(C2CCN(C(=O)C3CCCCC3)CC2)[C@H]1c1ccncc1. The van der Waals surface area contributed by atoms with Crippen LogP contribution in [0.15, 0.2) is 24.5 Å². The Labute approximate surface area is 156 Å². The number of aromatic nitrogens is 1. The van der Waals surface area contributed by atoms with Gasteiger partial charge in [0.25, 0.3) is 0 Å². The molecule has 142 valence electrons. The monoisotopic (exact) mass is 357 g/mol. The van der Waals surface area contributed by atoms with Gasteiger partial charge in [0.1, 0.15) is 0 Å². The quantitative estimate of drug-likeness (QED) is 0.831. The van der Waals surface area contributed by atoms with Crippen molar-refractivity contribution in [1.29, 1.82) is 0 Å². The van der Waals surface area contributed by atoms with Gasteiger partial charge in [0.05, 0.1) is 12.1 Å². The molecule has 26 heavy (non-hydrogen) atoms. The summed E-state index contributed by atoms with van der Waals surface area (Å²) in [4.78, 5) is 21.6. The lowest BCUT2D eigenvalue weighted by atomic mass is 9.86. The van der Waals surface area contributed by atoms with E-state index in [2.05, 4.69) is 26.9 Å². The lowest BCUT2D eigenvalue weighted by Gasteiger charge is -2.53. The van der Waals surface area contributed by atoms with E-state index >= 15 is 0 Å². The maximum atomic E-state index is 12.8. The van der Waals surface area contributed by atoms with Gasteiger partial charge in [-0.25, -0.2) is 0 Å². The van der Waals surface area contributed by atoms with Gasteiger partial charge < -0.3 is 9.64 Å². The first-order valence-corrected chi connectivity index (χ1v) is 10.2. The van der Waals surface area contributed by atoms with E-state index in [0.717, 1.165) is 45.3 Å². The fourth-order valence-corrected chi connectivity index (χ4v) is 5.07. The molecule has 1 saturated carbocycles. The molecule has 1 aromatic rings. The average Bonchev–Trinajstić information content (AvgIpc) is 2.69. The van der Waals surface area contributed by atoms with Crippen LogP contribution in [0.1, 0.15) is 56.6 Å². The summed E-state index contributed by atoms with van der Waals surface area (Å²) in [5.41, 5.74) is 1.29. The van der Waals surface area contributed by atoms with Crippen LogP contribution in [0.3, 0.4) is 0 Å². The Hall–Kier alpha value is -1.46. The number of likely N-dealkylation sites (tertiary alicyclic amines) is 2. The van der Waals surface area contributed by atoms with E-state index in [1.54, 1.807) is 0 Å². The first-order chi connectivity index (χ1) is 12.8. The lowest BCUT2D eigenvalue weighted by molar-refractivity contribution is -0.142. The van der Waals surface area contributed by atoms with Gasteiger partial charge >= 0.3 is 0 Å². The second-order valence-electron chi connectivity index (χ2n) is 8.09. The van der Waals surface area contributed by atoms with E-state index < -0.39 is 0 Å². The van der Waals surface area contributed by atoms with Crippen LogP contribution in [0.5, 0.6) is 0 Å². The standard InChI is InChI=1S/C21H31N3O2/c1-26-19-15-24(20(19)16-7-11-22-12-8-16)18-9-13-23(14-10-18)21(25)17-5-3-2-4-6-17/h7-8,11-12,17-20H,2-6,9-10,13-15H2,1H3/t19-,20-/m0/s1. The minimum Gasteiger partial charge on any atom is -0.378 e. The summed E-state index contributed by atoms with van der Waals surface area (Å²) in [6.45, 7) is 2.82. The van der Waals surface area contributed by atoms with E-state index in [-0.39, 0.29) is 6.10 Å². The molecular formula is C21H31N3O2. The number of amides is 1. The van der Waals surface area contributed by atoms with E-state index in [4.69, 9.17) is 4.74 Å². The molecule has 0 bridgehead atoms. The largest absolute Gasteiger partial charge is 0.378 e. The molecule has 1 aliphatic carbocycles. The minimum atomic E-state index is 0.263. The van der Waals surface area contributed by atoms with Gasteiger partial charge in [0.15, 0.2) is 0 Å². The number of carbonyl (C=O) groups excluding carboxylic acids is 1. The number of ether oxygens (including phenoxy) is 1. The van der Waals surface area contributed by atoms with Gasteiger partial charge in [-0.1, -0.05) is 19.3 Å². The smallest absolute Gasteiger partial charge is 0.225 e. The van der Waals surface area contributed by atoms with Crippen LogP contribution in [-0.4, -0.2) is 59.6 Å². The highest BCUT2D eigenvalue weighted by Gasteiger charge is 2.44. The molecule has 1 aromatic heterocycles. The first-order valence-electron chi connectivity index (χ1n) is 10.2. The molecule has 0 aromatic carbocycles. The maximum Gasteiger partial charge on any atom is 0.225 e. The van der Waals surface area contributed by atoms with E-state index in [9.17, 15) is 4.79 Å². The van der Waals surface area contributed by atoms with Crippen molar-refractivity contribution in [2.24, 2.45) is 5.92 Å². The summed E-state index contributed by atoms with van der Waals surface area (Å²) in [7, 11) is 1.81. The van der Waals surface area contributed by atoms with Gasteiger partial charge in [-0.05, 0) is 43.4 Å². The van der Waals surface area contributed by atoms with E-state index in [1.165, 1.54) is 24.8 Å². The topological polar surface area (TPSA) is 45.7 Å². The molecule has 3 fully saturated rings. The predicted octanol–water partition coefficient (Wildman–Crippen LogP) is 3.02. The third-order valence-electron chi connectivity index (χ3n) is 6.65. The van der Waals surface area contributed by atoms with Crippen LogP contribution in [0.2, 0.25) is 0 Å². The zero-order chi connectivity index (χ0) is 17.9. The zero-order valence-electron chi connectivity index (χ0n) is 15.8. The average molecular weight is 357 g/mol. The number of nitrogens with zero attached hydrogens (tertiary/aromatic N) is 3. The van der Waals surface area contributed by atoms with Crippen molar-refractivity contribution in [3.8, 4) is 0 Å². The van der Waals surface area contributed by atoms with Crippen molar-refractivity contribution in [1.82, 2.24) is 14.8 Å². The highest BCUT2D eigenvalue weighted by atomic mass is 16.5. The summed E-state index contributed by atoms with van der Waals surface area (Å²) < 4.78 is 5.69. The summed E-state index contributed by atoms with van der Waals surface area (Å²) in [6.07, 6.45) is 12.1. The molecule has 3 aliphatic rings. The number of rotatable bonds is 4. The summed E-state index contributed by atoms with van der Waals surface area (Å²) in [5, 5.41) is 0. The van der Waals surface area contributed by atoms with Crippen molar-refractivity contribution in [3.05, 3.63) is 30.1 Å². The molecule has 2 saturated heterocycles.